The molecule has 104 valence electrons. The van der Waals surface area contributed by atoms with Crippen molar-refractivity contribution in [1.82, 2.24) is 10.2 Å². The van der Waals surface area contributed by atoms with Crippen molar-refractivity contribution >= 4 is 5.91 Å². The summed E-state index contributed by atoms with van der Waals surface area (Å²) in [5.74, 6) is -0.0545. The summed E-state index contributed by atoms with van der Waals surface area (Å²) in [7, 11) is 4.17. The highest BCUT2D eigenvalue weighted by Crippen LogP contribution is 2.22. The third kappa shape index (κ3) is 5.26. The van der Waals surface area contributed by atoms with Crippen LogP contribution in [0.1, 0.15) is 31.4 Å². The largest absolute Gasteiger partial charge is 0.352 e. The van der Waals surface area contributed by atoms with Crippen molar-refractivity contribution in [1.29, 1.82) is 0 Å². The van der Waals surface area contributed by atoms with Crippen molar-refractivity contribution in [2.75, 3.05) is 20.6 Å². The van der Waals surface area contributed by atoms with Crippen molar-refractivity contribution < 1.29 is 4.79 Å². The second-order valence-corrected chi connectivity index (χ2v) is 5.07. The summed E-state index contributed by atoms with van der Waals surface area (Å²) in [6, 6.07) is 10.9. The molecule has 0 saturated carbocycles. The SMILES string of the molecule is C=C(C)C(=O)NCCCC(c1ccccc1)N(C)C. The lowest BCUT2D eigenvalue weighted by atomic mass is 10.0. The Morgan fingerprint density at radius 3 is 2.47 bits per heavy atom. The molecule has 1 amide bonds. The van der Waals surface area contributed by atoms with Gasteiger partial charge in [-0.3, -0.25) is 4.79 Å². The van der Waals surface area contributed by atoms with Crippen molar-refractivity contribution in [3.63, 3.8) is 0 Å². The number of carbonyl (C=O) groups is 1. The second kappa shape index (κ2) is 7.74. The summed E-state index contributed by atoms with van der Waals surface area (Å²) in [6.45, 7) is 6.05. The summed E-state index contributed by atoms with van der Waals surface area (Å²) >= 11 is 0. The Morgan fingerprint density at radius 1 is 1.32 bits per heavy atom. The number of nitrogens with zero attached hydrogens (tertiary/aromatic N) is 1. The molecule has 0 spiro atoms. The zero-order chi connectivity index (χ0) is 14.3. The first kappa shape index (κ1) is 15.4. The van der Waals surface area contributed by atoms with Gasteiger partial charge in [0.2, 0.25) is 5.91 Å². The van der Waals surface area contributed by atoms with E-state index in [0.717, 1.165) is 12.8 Å². The van der Waals surface area contributed by atoms with E-state index in [0.29, 0.717) is 18.2 Å². The lowest BCUT2D eigenvalue weighted by Gasteiger charge is -2.24. The van der Waals surface area contributed by atoms with E-state index < -0.39 is 0 Å². The smallest absolute Gasteiger partial charge is 0.246 e. The van der Waals surface area contributed by atoms with E-state index in [2.05, 4.69) is 55.2 Å². The molecule has 0 heterocycles. The number of benzene rings is 1. The Bertz CT molecular complexity index is 412. The minimum absolute atomic E-state index is 0.0545. The van der Waals surface area contributed by atoms with Gasteiger partial charge < -0.3 is 10.2 Å². The van der Waals surface area contributed by atoms with E-state index in [9.17, 15) is 4.79 Å². The lowest BCUT2D eigenvalue weighted by molar-refractivity contribution is -0.117. The number of amides is 1. The third-order valence-electron chi connectivity index (χ3n) is 3.14. The molecular weight excluding hydrogens is 236 g/mol. The van der Waals surface area contributed by atoms with E-state index in [4.69, 9.17) is 0 Å². The lowest BCUT2D eigenvalue weighted by Crippen LogP contribution is -2.26. The quantitative estimate of drug-likeness (QED) is 0.604. The molecule has 1 atom stereocenters. The Morgan fingerprint density at radius 2 is 1.95 bits per heavy atom. The van der Waals surface area contributed by atoms with Crippen LogP contribution in [0.25, 0.3) is 0 Å². The molecule has 0 aliphatic rings. The van der Waals surface area contributed by atoms with Crippen LogP contribution in [0.2, 0.25) is 0 Å². The molecule has 0 saturated heterocycles. The van der Waals surface area contributed by atoms with E-state index in [1.807, 2.05) is 6.07 Å². The predicted octanol–water partition coefficient (Wildman–Crippen LogP) is 2.76. The average Bonchev–Trinajstić information content (AvgIpc) is 2.38. The van der Waals surface area contributed by atoms with Gasteiger partial charge in [0.15, 0.2) is 0 Å². The van der Waals surface area contributed by atoms with Crippen molar-refractivity contribution in [2.45, 2.75) is 25.8 Å². The molecule has 19 heavy (non-hydrogen) atoms. The van der Waals surface area contributed by atoms with Gasteiger partial charge in [-0.15, -0.1) is 0 Å². The van der Waals surface area contributed by atoms with Gasteiger partial charge in [0, 0.05) is 18.2 Å². The van der Waals surface area contributed by atoms with Crippen LogP contribution < -0.4 is 5.32 Å². The molecule has 3 nitrogen and oxygen atoms in total. The maximum atomic E-state index is 11.4. The maximum absolute atomic E-state index is 11.4. The summed E-state index contributed by atoms with van der Waals surface area (Å²) in [4.78, 5) is 13.6. The third-order valence-corrected chi connectivity index (χ3v) is 3.14. The molecule has 0 fully saturated rings. The van der Waals surface area contributed by atoms with Crippen LogP contribution in [-0.2, 0) is 4.79 Å². The summed E-state index contributed by atoms with van der Waals surface area (Å²) < 4.78 is 0. The average molecular weight is 260 g/mol. The second-order valence-electron chi connectivity index (χ2n) is 5.07. The normalized spacial score (nSPS) is 12.2. The van der Waals surface area contributed by atoms with Crippen LogP contribution in [0.5, 0.6) is 0 Å². The molecule has 1 rings (SSSR count). The van der Waals surface area contributed by atoms with Gasteiger partial charge in [-0.2, -0.15) is 0 Å². The molecule has 0 aliphatic heterocycles. The van der Waals surface area contributed by atoms with E-state index >= 15 is 0 Å². The van der Waals surface area contributed by atoms with Gasteiger partial charge in [0.1, 0.15) is 0 Å². The van der Waals surface area contributed by atoms with Gasteiger partial charge in [0.25, 0.3) is 0 Å². The van der Waals surface area contributed by atoms with Crippen molar-refractivity contribution in [3.05, 3.63) is 48.0 Å². The highest BCUT2D eigenvalue weighted by molar-refractivity contribution is 5.91. The molecular formula is C16H24N2O. The molecule has 0 aromatic heterocycles. The maximum Gasteiger partial charge on any atom is 0.246 e. The van der Waals surface area contributed by atoms with Crippen molar-refractivity contribution in [2.24, 2.45) is 0 Å². The number of rotatable bonds is 7. The topological polar surface area (TPSA) is 32.3 Å². The van der Waals surface area contributed by atoms with Crippen LogP contribution in [-0.4, -0.2) is 31.4 Å². The molecule has 0 bridgehead atoms. The minimum atomic E-state index is -0.0545. The van der Waals surface area contributed by atoms with Gasteiger partial charge in [0.05, 0.1) is 0 Å². The summed E-state index contributed by atoms with van der Waals surface area (Å²) in [5, 5.41) is 2.87. The number of hydrogen-bond acceptors (Lipinski definition) is 2. The monoisotopic (exact) mass is 260 g/mol. The van der Waals surface area contributed by atoms with E-state index in [1.165, 1.54) is 5.56 Å². The Balaban J connectivity index is 2.44. The van der Waals surface area contributed by atoms with Gasteiger partial charge in [-0.05, 0) is 39.4 Å². The van der Waals surface area contributed by atoms with E-state index in [-0.39, 0.29) is 5.91 Å². The van der Waals surface area contributed by atoms with Crippen LogP contribution >= 0.6 is 0 Å². The highest BCUT2D eigenvalue weighted by atomic mass is 16.1. The molecule has 3 heteroatoms. The fraction of sp³-hybridized carbons (Fsp3) is 0.438. The van der Waals surface area contributed by atoms with Crippen LogP contribution in [0.4, 0.5) is 0 Å². The fourth-order valence-electron chi connectivity index (χ4n) is 2.05. The minimum Gasteiger partial charge on any atom is -0.352 e. The molecule has 1 aromatic rings. The van der Waals surface area contributed by atoms with Gasteiger partial charge in [-0.25, -0.2) is 0 Å². The summed E-state index contributed by atoms with van der Waals surface area (Å²) in [6.07, 6.45) is 1.98. The fourth-order valence-corrected chi connectivity index (χ4v) is 2.05. The van der Waals surface area contributed by atoms with Gasteiger partial charge >= 0.3 is 0 Å². The zero-order valence-electron chi connectivity index (χ0n) is 12.1. The molecule has 1 unspecified atom stereocenters. The summed E-state index contributed by atoms with van der Waals surface area (Å²) in [5.41, 5.74) is 1.88. The first-order valence-corrected chi connectivity index (χ1v) is 6.67. The Kier molecular flexibility index (Phi) is 6.30. The van der Waals surface area contributed by atoms with Gasteiger partial charge in [-0.1, -0.05) is 36.9 Å². The Hall–Kier alpha value is -1.61. The first-order valence-electron chi connectivity index (χ1n) is 6.67. The van der Waals surface area contributed by atoms with Crippen molar-refractivity contribution in [3.8, 4) is 0 Å². The number of nitrogens with one attached hydrogen (secondary N) is 1. The molecule has 1 aromatic carbocycles. The Labute approximate surface area is 116 Å². The molecule has 0 aliphatic carbocycles. The van der Waals surface area contributed by atoms with Crippen LogP contribution in [0.3, 0.4) is 0 Å². The molecule has 1 N–H and O–H groups in total. The zero-order valence-corrected chi connectivity index (χ0v) is 12.1. The standard InChI is InChI=1S/C16H24N2O/c1-13(2)16(19)17-12-8-11-15(18(3)4)14-9-6-5-7-10-14/h5-7,9-10,15H,1,8,11-12H2,2-4H3,(H,17,19). The molecule has 0 radical (unpaired) electrons. The number of hydrogen-bond donors (Lipinski definition) is 1. The van der Waals surface area contributed by atoms with Crippen LogP contribution in [0.15, 0.2) is 42.5 Å². The van der Waals surface area contributed by atoms with E-state index in [1.54, 1.807) is 6.92 Å². The first-order chi connectivity index (χ1) is 9.02. The van der Waals surface area contributed by atoms with Crippen LogP contribution in [0, 0.1) is 0 Å². The number of carbonyl (C=O) groups excluding carboxylic acids is 1. The highest BCUT2D eigenvalue weighted by Gasteiger charge is 2.13. The predicted molar refractivity (Wildman–Crippen MR) is 79.9 cm³/mol.